The second-order valence-electron chi connectivity index (χ2n) is 4.03. The van der Waals surface area contributed by atoms with E-state index in [0.29, 0.717) is 11.6 Å². The zero-order valence-electron chi connectivity index (χ0n) is 10.8. The summed E-state index contributed by atoms with van der Waals surface area (Å²) in [6.45, 7) is 1.88. The van der Waals surface area contributed by atoms with Gasteiger partial charge in [0.05, 0.1) is 29.4 Å². The largest absolute Gasteiger partial charge is 0.480 e. The molecule has 7 heteroatoms. The third-order valence-corrected chi connectivity index (χ3v) is 3.76. The Labute approximate surface area is 118 Å². The first-order valence-electron chi connectivity index (χ1n) is 5.61. The van der Waals surface area contributed by atoms with Gasteiger partial charge in [0.2, 0.25) is 5.88 Å². The van der Waals surface area contributed by atoms with Crippen molar-refractivity contribution >= 4 is 21.7 Å². The van der Waals surface area contributed by atoms with E-state index in [1.165, 1.54) is 7.11 Å². The van der Waals surface area contributed by atoms with Gasteiger partial charge in [0.25, 0.3) is 0 Å². The van der Waals surface area contributed by atoms with Crippen LogP contribution in [-0.2, 0) is 13.5 Å². The predicted molar refractivity (Wildman–Crippen MR) is 72.3 cm³/mol. The van der Waals surface area contributed by atoms with Crippen LogP contribution in [0.4, 0.5) is 0 Å². The van der Waals surface area contributed by atoms with Gasteiger partial charge in [-0.1, -0.05) is 0 Å². The molecule has 2 heterocycles. The molecule has 0 aliphatic carbocycles. The molecule has 2 aromatic heterocycles. The fourth-order valence-corrected chi connectivity index (χ4v) is 2.17. The van der Waals surface area contributed by atoms with Crippen LogP contribution in [0.2, 0.25) is 0 Å². The number of hydrogen-bond donors (Lipinski definition) is 0. The monoisotopic (exact) mass is 324 g/mol. The first kappa shape index (κ1) is 13.7. The van der Waals surface area contributed by atoms with Crippen LogP contribution in [0.3, 0.4) is 0 Å². The second kappa shape index (κ2) is 5.48. The molecular formula is C12H13BrN4O2. The van der Waals surface area contributed by atoms with Crippen LogP contribution in [0.25, 0.3) is 0 Å². The Morgan fingerprint density at radius 1 is 1.42 bits per heavy atom. The van der Waals surface area contributed by atoms with E-state index in [1.807, 2.05) is 6.92 Å². The Morgan fingerprint density at radius 3 is 2.63 bits per heavy atom. The molecule has 19 heavy (non-hydrogen) atoms. The standard InChI is InChI=1S/C12H13BrN4O2/c1-7-12(13)9(17(2)16-7)6-10(18)8-4-5-11(19-3)15-14-8/h4-5H,6H2,1-3H3. The fourth-order valence-electron chi connectivity index (χ4n) is 1.69. The lowest BCUT2D eigenvalue weighted by Gasteiger charge is -2.03. The molecule has 0 amide bonds. The summed E-state index contributed by atoms with van der Waals surface area (Å²) in [5, 5.41) is 11.9. The topological polar surface area (TPSA) is 69.9 Å². The highest BCUT2D eigenvalue weighted by molar-refractivity contribution is 9.10. The molecule has 0 aliphatic heterocycles. The van der Waals surface area contributed by atoms with Crippen LogP contribution < -0.4 is 4.74 Å². The van der Waals surface area contributed by atoms with Crippen LogP contribution in [-0.4, -0.2) is 32.9 Å². The van der Waals surface area contributed by atoms with Crippen LogP contribution in [0.15, 0.2) is 16.6 Å². The van der Waals surface area contributed by atoms with Gasteiger partial charge >= 0.3 is 0 Å². The quantitative estimate of drug-likeness (QED) is 0.801. The van der Waals surface area contributed by atoms with Gasteiger partial charge in [-0.3, -0.25) is 9.48 Å². The molecule has 2 rings (SSSR count). The van der Waals surface area contributed by atoms with E-state index in [0.717, 1.165) is 15.9 Å². The van der Waals surface area contributed by atoms with Gasteiger partial charge < -0.3 is 4.74 Å². The minimum Gasteiger partial charge on any atom is -0.480 e. The minimum atomic E-state index is -0.112. The summed E-state index contributed by atoms with van der Waals surface area (Å²) in [6, 6.07) is 3.22. The third kappa shape index (κ3) is 2.81. The zero-order chi connectivity index (χ0) is 14.0. The SMILES string of the molecule is COc1ccc(C(=O)Cc2c(Br)c(C)nn2C)nn1. The number of hydrogen-bond acceptors (Lipinski definition) is 5. The van der Waals surface area contributed by atoms with E-state index in [-0.39, 0.29) is 12.2 Å². The summed E-state index contributed by atoms with van der Waals surface area (Å²) >= 11 is 3.43. The maximum absolute atomic E-state index is 12.1. The highest BCUT2D eigenvalue weighted by Gasteiger charge is 2.16. The first-order chi connectivity index (χ1) is 9.02. The first-order valence-corrected chi connectivity index (χ1v) is 6.41. The van der Waals surface area contributed by atoms with E-state index in [4.69, 9.17) is 4.74 Å². The second-order valence-corrected chi connectivity index (χ2v) is 4.82. The summed E-state index contributed by atoms with van der Waals surface area (Å²) in [6.07, 6.45) is 0.221. The van der Waals surface area contributed by atoms with Crippen molar-refractivity contribution < 1.29 is 9.53 Å². The molecule has 0 bridgehead atoms. The molecule has 0 fully saturated rings. The number of carbonyl (C=O) groups is 1. The number of Topliss-reactive ketones (excluding diaryl/α,β-unsaturated/α-hetero) is 1. The van der Waals surface area contributed by atoms with E-state index < -0.39 is 0 Å². The van der Waals surface area contributed by atoms with Crippen LogP contribution in [0, 0.1) is 6.92 Å². The maximum atomic E-state index is 12.1. The number of ether oxygens (including phenoxy) is 1. The maximum Gasteiger partial charge on any atom is 0.233 e. The lowest BCUT2D eigenvalue weighted by atomic mass is 10.1. The molecule has 0 spiro atoms. The average Bonchev–Trinajstić information content (AvgIpc) is 2.65. The van der Waals surface area contributed by atoms with E-state index in [2.05, 4.69) is 31.2 Å². The van der Waals surface area contributed by atoms with Crippen LogP contribution in [0.5, 0.6) is 5.88 Å². The Bertz CT molecular complexity index is 607. The summed E-state index contributed by atoms with van der Waals surface area (Å²) < 4.78 is 7.44. The van der Waals surface area contributed by atoms with E-state index >= 15 is 0 Å². The van der Waals surface area contributed by atoms with Crippen LogP contribution in [0.1, 0.15) is 21.9 Å². The molecule has 100 valence electrons. The molecule has 0 radical (unpaired) electrons. The van der Waals surface area contributed by atoms with Crippen molar-refractivity contribution in [3.63, 3.8) is 0 Å². The minimum absolute atomic E-state index is 0.112. The molecule has 0 aliphatic rings. The highest BCUT2D eigenvalue weighted by atomic mass is 79.9. The molecule has 0 unspecified atom stereocenters. The van der Waals surface area contributed by atoms with Crippen molar-refractivity contribution in [2.75, 3.05) is 7.11 Å². The summed E-state index contributed by atoms with van der Waals surface area (Å²) in [7, 11) is 3.31. The number of nitrogens with zero attached hydrogens (tertiary/aromatic N) is 4. The fraction of sp³-hybridized carbons (Fsp3) is 0.333. The smallest absolute Gasteiger partial charge is 0.233 e. The number of carbonyl (C=O) groups excluding carboxylic acids is 1. The number of methoxy groups -OCH3 is 1. The van der Waals surface area contributed by atoms with Crippen molar-refractivity contribution in [1.29, 1.82) is 0 Å². The van der Waals surface area contributed by atoms with Crippen molar-refractivity contribution in [3.05, 3.63) is 33.7 Å². The molecule has 6 nitrogen and oxygen atoms in total. The predicted octanol–water partition coefficient (Wildman–Crippen LogP) is 1.72. The van der Waals surface area contributed by atoms with Gasteiger partial charge in [0, 0.05) is 13.1 Å². The van der Waals surface area contributed by atoms with Crippen molar-refractivity contribution in [3.8, 4) is 5.88 Å². The molecule has 0 saturated heterocycles. The van der Waals surface area contributed by atoms with Gasteiger partial charge in [0.15, 0.2) is 5.78 Å². The lowest BCUT2D eigenvalue weighted by molar-refractivity contribution is 0.0984. The third-order valence-electron chi connectivity index (χ3n) is 2.72. The summed E-state index contributed by atoms with van der Waals surface area (Å²) in [5.41, 5.74) is 1.98. The summed E-state index contributed by atoms with van der Waals surface area (Å²) in [5.74, 6) is 0.271. The molecule has 0 N–H and O–H groups in total. The molecule has 0 saturated carbocycles. The Kier molecular flexibility index (Phi) is 3.94. The normalized spacial score (nSPS) is 10.5. The van der Waals surface area contributed by atoms with Gasteiger partial charge in [0.1, 0.15) is 5.69 Å². The lowest BCUT2D eigenvalue weighted by Crippen LogP contribution is -2.10. The molecular weight excluding hydrogens is 312 g/mol. The van der Waals surface area contributed by atoms with E-state index in [1.54, 1.807) is 23.9 Å². The van der Waals surface area contributed by atoms with Gasteiger partial charge in [-0.2, -0.15) is 5.10 Å². The number of ketones is 1. The van der Waals surface area contributed by atoms with Crippen molar-refractivity contribution in [2.24, 2.45) is 7.05 Å². The zero-order valence-corrected chi connectivity index (χ0v) is 12.4. The number of halogens is 1. The van der Waals surface area contributed by atoms with Gasteiger partial charge in [-0.15, -0.1) is 10.2 Å². The molecule has 2 aromatic rings. The molecule has 0 atom stereocenters. The number of aromatic nitrogens is 4. The van der Waals surface area contributed by atoms with Gasteiger partial charge in [-0.25, -0.2) is 0 Å². The Hall–Kier alpha value is -1.76. The highest BCUT2D eigenvalue weighted by Crippen LogP contribution is 2.21. The molecule has 0 aromatic carbocycles. The van der Waals surface area contributed by atoms with Crippen LogP contribution >= 0.6 is 15.9 Å². The van der Waals surface area contributed by atoms with Gasteiger partial charge in [-0.05, 0) is 28.9 Å². The summed E-state index contributed by atoms with van der Waals surface area (Å²) in [4.78, 5) is 12.1. The van der Waals surface area contributed by atoms with E-state index in [9.17, 15) is 4.79 Å². The Morgan fingerprint density at radius 2 is 2.16 bits per heavy atom. The average molecular weight is 325 g/mol. The van der Waals surface area contributed by atoms with Crippen molar-refractivity contribution in [1.82, 2.24) is 20.0 Å². The number of aryl methyl sites for hydroxylation is 2. The number of rotatable bonds is 4. The van der Waals surface area contributed by atoms with Crippen molar-refractivity contribution in [2.45, 2.75) is 13.3 Å². The Balaban J connectivity index is 2.20.